The van der Waals surface area contributed by atoms with E-state index in [0.717, 1.165) is 42.9 Å². The highest BCUT2D eigenvalue weighted by Crippen LogP contribution is 2.26. The second-order valence-corrected chi connectivity index (χ2v) is 7.01. The number of fused-ring (bicyclic) bond motifs is 1. The number of amides is 1. The zero-order valence-corrected chi connectivity index (χ0v) is 15.3. The van der Waals surface area contributed by atoms with Crippen molar-refractivity contribution in [2.75, 3.05) is 24.6 Å². The number of carbonyl (C=O) groups is 1. The summed E-state index contributed by atoms with van der Waals surface area (Å²) >= 11 is 0. The molecule has 0 saturated carbocycles. The fourth-order valence-corrected chi connectivity index (χ4v) is 3.68. The summed E-state index contributed by atoms with van der Waals surface area (Å²) in [5, 5.41) is 16.8. The van der Waals surface area contributed by atoms with Crippen LogP contribution in [-0.4, -0.2) is 46.4 Å². The average molecular weight is 366 g/mol. The number of nitriles is 1. The number of rotatable bonds is 3. The van der Waals surface area contributed by atoms with E-state index in [1.165, 1.54) is 0 Å². The molecule has 0 aliphatic carbocycles. The minimum absolute atomic E-state index is 0.000893. The van der Waals surface area contributed by atoms with Crippen LogP contribution >= 0.6 is 0 Å². The Morgan fingerprint density at radius 3 is 3.15 bits per heavy atom. The molecule has 4 rings (SSSR count). The van der Waals surface area contributed by atoms with E-state index in [1.807, 2.05) is 6.07 Å². The topological polar surface area (TPSA) is 96.1 Å². The molecule has 4 heterocycles. The van der Waals surface area contributed by atoms with Crippen LogP contribution in [0.4, 0.5) is 5.82 Å². The number of aryl methyl sites for hydroxylation is 1. The molecule has 8 nitrogen and oxygen atoms in total. The number of hydrogen-bond donors (Lipinski definition) is 1. The largest absolute Gasteiger partial charge is 0.376 e. The van der Waals surface area contributed by atoms with Gasteiger partial charge in [0.25, 0.3) is 5.91 Å². The highest BCUT2D eigenvalue weighted by Gasteiger charge is 2.26. The van der Waals surface area contributed by atoms with Gasteiger partial charge in [-0.3, -0.25) is 9.48 Å². The first-order valence-corrected chi connectivity index (χ1v) is 9.20. The Labute approximate surface area is 157 Å². The third-order valence-electron chi connectivity index (χ3n) is 5.03. The van der Waals surface area contributed by atoms with Crippen LogP contribution in [0.2, 0.25) is 0 Å². The molecule has 2 aliphatic heterocycles. The number of anilines is 1. The van der Waals surface area contributed by atoms with Gasteiger partial charge in [-0.1, -0.05) is 0 Å². The normalized spacial score (nSPS) is 19.3. The molecule has 1 atom stereocenters. The Balaban J connectivity index is 1.51. The fraction of sp³-hybridized carbons (Fsp3) is 0.474. The smallest absolute Gasteiger partial charge is 0.272 e. The van der Waals surface area contributed by atoms with E-state index in [9.17, 15) is 10.1 Å². The summed E-state index contributed by atoms with van der Waals surface area (Å²) < 4.78 is 7.08. The molecule has 0 bridgehead atoms. The maximum absolute atomic E-state index is 12.4. The number of hydrogen-bond acceptors (Lipinski definition) is 6. The van der Waals surface area contributed by atoms with Crippen molar-refractivity contribution in [3.63, 3.8) is 0 Å². The summed E-state index contributed by atoms with van der Waals surface area (Å²) in [7, 11) is 1.79. The summed E-state index contributed by atoms with van der Waals surface area (Å²) in [5.41, 5.74) is 2.99. The molecule has 27 heavy (non-hydrogen) atoms. The van der Waals surface area contributed by atoms with Crippen molar-refractivity contribution in [2.24, 2.45) is 7.05 Å². The van der Waals surface area contributed by atoms with Crippen molar-refractivity contribution in [3.05, 3.63) is 40.8 Å². The Morgan fingerprint density at radius 2 is 2.37 bits per heavy atom. The summed E-state index contributed by atoms with van der Waals surface area (Å²) in [6.45, 7) is 2.64. The van der Waals surface area contributed by atoms with Crippen molar-refractivity contribution in [1.29, 1.82) is 5.26 Å². The minimum Gasteiger partial charge on any atom is -0.376 e. The van der Waals surface area contributed by atoms with Crippen LogP contribution in [0.25, 0.3) is 0 Å². The molecule has 0 aromatic carbocycles. The zero-order valence-electron chi connectivity index (χ0n) is 15.3. The average Bonchev–Trinajstić information content (AvgIpc) is 3.13. The van der Waals surface area contributed by atoms with Gasteiger partial charge in [0.2, 0.25) is 0 Å². The third kappa shape index (κ3) is 3.64. The molecule has 1 saturated heterocycles. The van der Waals surface area contributed by atoms with Crippen LogP contribution in [0.5, 0.6) is 0 Å². The number of piperidine rings is 1. The van der Waals surface area contributed by atoms with E-state index in [-0.39, 0.29) is 11.9 Å². The van der Waals surface area contributed by atoms with Crippen LogP contribution in [0.15, 0.2) is 18.3 Å². The highest BCUT2D eigenvalue weighted by atomic mass is 16.5. The third-order valence-corrected chi connectivity index (χ3v) is 5.03. The molecule has 140 valence electrons. The summed E-state index contributed by atoms with van der Waals surface area (Å²) in [4.78, 5) is 19.3. The van der Waals surface area contributed by atoms with Crippen LogP contribution in [0.3, 0.4) is 0 Å². The van der Waals surface area contributed by atoms with Gasteiger partial charge in [-0.25, -0.2) is 4.98 Å². The van der Waals surface area contributed by atoms with Crippen molar-refractivity contribution < 1.29 is 9.53 Å². The number of nitrogens with one attached hydrogen (secondary N) is 1. The van der Waals surface area contributed by atoms with Gasteiger partial charge in [0.15, 0.2) is 0 Å². The van der Waals surface area contributed by atoms with E-state index in [2.05, 4.69) is 21.4 Å². The van der Waals surface area contributed by atoms with E-state index in [4.69, 9.17) is 9.72 Å². The summed E-state index contributed by atoms with van der Waals surface area (Å²) in [6.07, 6.45) is 4.35. The van der Waals surface area contributed by atoms with E-state index in [0.29, 0.717) is 31.0 Å². The van der Waals surface area contributed by atoms with Crippen LogP contribution < -0.4 is 10.2 Å². The van der Waals surface area contributed by atoms with Gasteiger partial charge < -0.3 is 15.0 Å². The first kappa shape index (κ1) is 17.5. The van der Waals surface area contributed by atoms with Gasteiger partial charge in [-0.05, 0) is 25.0 Å². The second-order valence-electron chi connectivity index (χ2n) is 7.01. The van der Waals surface area contributed by atoms with Gasteiger partial charge in [0.1, 0.15) is 17.6 Å². The van der Waals surface area contributed by atoms with Gasteiger partial charge in [0, 0.05) is 44.4 Å². The molecule has 2 aliphatic rings. The van der Waals surface area contributed by atoms with Crippen LogP contribution in [0.1, 0.15) is 40.2 Å². The van der Waals surface area contributed by atoms with Crippen LogP contribution in [0, 0.1) is 11.3 Å². The SMILES string of the molecule is Cn1ccc(C(=O)NC2CCCN(c3nc4c(cc3C#N)COCC4)C2)n1. The maximum Gasteiger partial charge on any atom is 0.272 e. The molecular weight excluding hydrogens is 344 g/mol. The number of nitrogens with zero attached hydrogens (tertiary/aromatic N) is 5. The van der Waals surface area contributed by atoms with Crippen molar-refractivity contribution >= 4 is 11.7 Å². The van der Waals surface area contributed by atoms with Crippen molar-refractivity contribution in [1.82, 2.24) is 20.1 Å². The van der Waals surface area contributed by atoms with Gasteiger partial charge >= 0.3 is 0 Å². The molecule has 1 N–H and O–H groups in total. The molecule has 1 unspecified atom stereocenters. The Hall–Kier alpha value is -2.92. The van der Waals surface area contributed by atoms with Gasteiger partial charge in [0.05, 0.1) is 24.5 Å². The number of ether oxygens (including phenoxy) is 1. The molecule has 2 aromatic rings. The Morgan fingerprint density at radius 1 is 1.48 bits per heavy atom. The molecule has 8 heteroatoms. The highest BCUT2D eigenvalue weighted by molar-refractivity contribution is 5.92. The predicted octanol–water partition coefficient (Wildman–Crippen LogP) is 1.16. The number of pyridine rings is 1. The summed E-state index contributed by atoms with van der Waals surface area (Å²) in [5.74, 6) is 0.549. The molecule has 0 radical (unpaired) electrons. The quantitative estimate of drug-likeness (QED) is 0.876. The zero-order chi connectivity index (χ0) is 18.8. The molecule has 2 aromatic heterocycles. The molecule has 0 spiro atoms. The van der Waals surface area contributed by atoms with E-state index >= 15 is 0 Å². The van der Waals surface area contributed by atoms with Gasteiger partial charge in [-0.2, -0.15) is 10.4 Å². The van der Waals surface area contributed by atoms with Crippen LogP contribution in [-0.2, 0) is 24.8 Å². The maximum atomic E-state index is 12.4. The summed E-state index contributed by atoms with van der Waals surface area (Å²) in [6, 6.07) is 5.87. The first-order chi connectivity index (χ1) is 13.1. The lowest BCUT2D eigenvalue weighted by Crippen LogP contribution is -2.48. The monoisotopic (exact) mass is 366 g/mol. The Bertz CT molecular complexity index is 900. The standard InChI is InChI=1S/C19H22N6O2/c1-24-7-4-17(23-24)19(26)21-15-3-2-6-25(11-15)18-13(10-20)9-14-12-27-8-5-16(14)22-18/h4,7,9,15H,2-3,5-6,8,11-12H2,1H3,(H,21,26). The lowest BCUT2D eigenvalue weighted by molar-refractivity contribution is 0.0927. The lowest BCUT2D eigenvalue weighted by Gasteiger charge is -2.35. The lowest BCUT2D eigenvalue weighted by atomic mass is 10.0. The molecule has 1 amide bonds. The molecular formula is C19H22N6O2. The predicted molar refractivity (Wildman–Crippen MR) is 98.2 cm³/mol. The first-order valence-electron chi connectivity index (χ1n) is 9.20. The molecule has 1 fully saturated rings. The number of carbonyl (C=O) groups excluding carboxylic acids is 1. The van der Waals surface area contributed by atoms with Crippen molar-refractivity contribution in [2.45, 2.75) is 31.9 Å². The fourth-order valence-electron chi connectivity index (χ4n) is 3.68. The number of aromatic nitrogens is 3. The minimum atomic E-state index is -0.168. The van der Waals surface area contributed by atoms with Crippen molar-refractivity contribution in [3.8, 4) is 6.07 Å². The second kappa shape index (κ2) is 7.37. The van der Waals surface area contributed by atoms with E-state index in [1.54, 1.807) is 24.0 Å². The van der Waals surface area contributed by atoms with Gasteiger partial charge in [-0.15, -0.1) is 0 Å². The van der Waals surface area contributed by atoms with E-state index < -0.39 is 0 Å². The Kier molecular flexibility index (Phi) is 4.77.